The molecule has 2 aromatic heterocycles. The van der Waals surface area contributed by atoms with Gasteiger partial charge in [0.05, 0.1) is 22.3 Å². The van der Waals surface area contributed by atoms with Crippen molar-refractivity contribution in [3.63, 3.8) is 0 Å². The van der Waals surface area contributed by atoms with Crippen molar-refractivity contribution in [3.8, 4) is 89.7 Å². The molecule has 4 nitrogen and oxygen atoms in total. The van der Waals surface area contributed by atoms with Crippen LogP contribution in [0.4, 0.5) is 0 Å². The average Bonchev–Trinajstić information content (AvgIpc) is 3.73. The zero-order valence-corrected chi connectivity index (χ0v) is 36.8. The number of fused-ring (bicyclic) bond motifs is 1. The van der Waals surface area contributed by atoms with Crippen LogP contribution < -0.4 is 0 Å². The van der Waals surface area contributed by atoms with Crippen molar-refractivity contribution in [1.82, 2.24) is 14.5 Å². The summed E-state index contributed by atoms with van der Waals surface area (Å²) in [7, 11) is 0. The molecular weight excluding hydrogens is 779 g/mol. The van der Waals surface area contributed by atoms with Crippen LogP contribution >= 0.6 is 0 Å². The molecule has 10 aromatic rings. The minimum atomic E-state index is -0.157. The van der Waals surface area contributed by atoms with E-state index in [1.54, 1.807) is 0 Å². The lowest BCUT2D eigenvalue weighted by Crippen LogP contribution is -2.14. The Balaban J connectivity index is 1.17. The second-order valence-electron chi connectivity index (χ2n) is 17.8. The van der Waals surface area contributed by atoms with E-state index < -0.39 is 0 Å². The fraction of sp³-hybridized carbons (Fsp3) is 0.100. The van der Waals surface area contributed by atoms with E-state index >= 15 is 0 Å². The summed E-state index contributed by atoms with van der Waals surface area (Å²) in [5.74, 6) is 0.917. The summed E-state index contributed by atoms with van der Waals surface area (Å²) in [6.45, 7) is 10.8. The second kappa shape index (κ2) is 16.5. The predicted octanol–water partition coefficient (Wildman–Crippen LogP) is 15.7. The molecule has 0 aliphatic heterocycles. The van der Waals surface area contributed by atoms with E-state index in [2.05, 4.69) is 208 Å². The molecule has 0 saturated carbocycles. The Bertz CT molecular complexity index is 3310. The fourth-order valence-electron chi connectivity index (χ4n) is 9.05. The monoisotopic (exact) mass is 827 g/mol. The summed E-state index contributed by atoms with van der Waals surface area (Å²) in [4.78, 5) is 10.5. The van der Waals surface area contributed by atoms with Gasteiger partial charge in [0, 0.05) is 23.0 Å². The maximum Gasteiger partial charge on any atom is 0.149 e. The first-order chi connectivity index (χ1) is 31.1. The molecule has 0 unspecified atom stereocenters. The van der Waals surface area contributed by atoms with E-state index in [9.17, 15) is 5.11 Å². The maximum absolute atomic E-state index is 11.8. The topological polar surface area (TPSA) is 50.9 Å². The van der Waals surface area contributed by atoms with Gasteiger partial charge in [0.15, 0.2) is 0 Å². The highest BCUT2D eigenvalue weighted by Gasteiger charge is 2.25. The number of imidazole rings is 1. The largest absolute Gasteiger partial charge is 0.507 e. The van der Waals surface area contributed by atoms with Crippen molar-refractivity contribution >= 4 is 11.0 Å². The second-order valence-corrected chi connectivity index (χ2v) is 17.8. The number of rotatable bonds is 8. The number of aromatic hydroxyl groups is 1. The number of aromatic nitrogens is 3. The number of para-hydroxylation sites is 1. The third-order valence-electron chi connectivity index (χ3n) is 12.3. The van der Waals surface area contributed by atoms with Gasteiger partial charge in [-0.1, -0.05) is 160 Å². The number of hydrogen-bond donors (Lipinski definition) is 1. The molecule has 0 aliphatic carbocycles. The Morgan fingerprint density at radius 3 is 1.72 bits per heavy atom. The van der Waals surface area contributed by atoms with Gasteiger partial charge in [-0.3, -0.25) is 9.55 Å². The highest BCUT2D eigenvalue weighted by Crippen LogP contribution is 2.43. The molecule has 0 atom stereocenters. The molecule has 8 aromatic carbocycles. The first kappa shape index (κ1) is 40.3. The molecule has 2 heterocycles. The molecule has 0 aliphatic rings. The highest BCUT2D eigenvalue weighted by molar-refractivity contribution is 5.98. The lowest BCUT2D eigenvalue weighted by atomic mass is 9.81. The Morgan fingerprint density at radius 1 is 0.453 bits per heavy atom. The van der Waals surface area contributed by atoms with E-state index in [-0.39, 0.29) is 11.2 Å². The van der Waals surface area contributed by atoms with E-state index in [4.69, 9.17) is 9.97 Å². The van der Waals surface area contributed by atoms with Crippen LogP contribution in [0.3, 0.4) is 0 Å². The molecular formula is C60H49N3O. The lowest BCUT2D eigenvalue weighted by molar-refractivity contribution is 0.472. The van der Waals surface area contributed by atoms with Gasteiger partial charge in [0.2, 0.25) is 0 Å². The molecule has 0 bridgehead atoms. The van der Waals surface area contributed by atoms with Gasteiger partial charge in [-0.15, -0.1) is 0 Å². The first-order valence-electron chi connectivity index (χ1n) is 21.9. The number of nitrogens with zero attached hydrogens (tertiary/aromatic N) is 3. The maximum atomic E-state index is 11.8. The molecule has 0 amide bonds. The smallest absolute Gasteiger partial charge is 0.149 e. The number of phenolic OH excluding ortho intramolecular Hbond substituents is 1. The van der Waals surface area contributed by atoms with Gasteiger partial charge in [0.1, 0.15) is 11.6 Å². The van der Waals surface area contributed by atoms with Crippen molar-refractivity contribution in [2.75, 3.05) is 0 Å². The van der Waals surface area contributed by atoms with Crippen LogP contribution in [0.2, 0.25) is 0 Å². The summed E-state index contributed by atoms with van der Waals surface area (Å²) >= 11 is 0. The van der Waals surface area contributed by atoms with Crippen molar-refractivity contribution < 1.29 is 5.11 Å². The molecule has 0 radical (unpaired) electrons. The van der Waals surface area contributed by atoms with E-state index in [1.165, 1.54) is 27.8 Å². The van der Waals surface area contributed by atoms with E-state index in [0.29, 0.717) is 11.4 Å². The number of aryl methyl sites for hydroxylation is 2. The number of phenols is 1. The summed E-state index contributed by atoms with van der Waals surface area (Å²) in [6, 6.07) is 68.6. The Hall–Kier alpha value is -7.82. The molecule has 10 rings (SSSR count). The molecule has 0 fully saturated rings. The predicted molar refractivity (Wildman–Crippen MR) is 267 cm³/mol. The fourth-order valence-corrected chi connectivity index (χ4v) is 9.05. The van der Waals surface area contributed by atoms with Crippen LogP contribution in [-0.4, -0.2) is 19.6 Å². The molecule has 4 heteroatoms. The van der Waals surface area contributed by atoms with Gasteiger partial charge in [-0.05, 0) is 141 Å². The van der Waals surface area contributed by atoms with Crippen LogP contribution in [-0.2, 0) is 5.41 Å². The Labute approximate surface area is 375 Å². The van der Waals surface area contributed by atoms with Crippen LogP contribution in [0.15, 0.2) is 200 Å². The number of hydrogen-bond acceptors (Lipinski definition) is 3. The van der Waals surface area contributed by atoms with Gasteiger partial charge in [0.25, 0.3) is 0 Å². The van der Waals surface area contributed by atoms with Crippen molar-refractivity contribution in [3.05, 3.63) is 217 Å². The third-order valence-corrected chi connectivity index (χ3v) is 12.3. The average molecular weight is 828 g/mol. The number of benzene rings is 8. The molecule has 0 saturated heterocycles. The van der Waals surface area contributed by atoms with E-state index in [0.717, 1.165) is 72.5 Å². The van der Waals surface area contributed by atoms with Gasteiger partial charge < -0.3 is 5.11 Å². The van der Waals surface area contributed by atoms with Crippen molar-refractivity contribution in [1.29, 1.82) is 0 Å². The summed E-state index contributed by atoms with van der Waals surface area (Å²) in [5.41, 5.74) is 19.5. The molecule has 1 N–H and O–H groups in total. The Kier molecular flexibility index (Phi) is 10.4. The minimum absolute atomic E-state index is 0.157. The lowest BCUT2D eigenvalue weighted by Gasteiger charge is -2.25. The van der Waals surface area contributed by atoms with Crippen LogP contribution in [0.25, 0.3) is 95.0 Å². The van der Waals surface area contributed by atoms with Crippen molar-refractivity contribution in [2.45, 2.75) is 40.0 Å². The number of pyridine rings is 1. The normalized spacial score (nSPS) is 11.6. The minimum Gasteiger partial charge on any atom is -0.507 e. The molecule has 64 heavy (non-hydrogen) atoms. The van der Waals surface area contributed by atoms with Gasteiger partial charge in [-0.25, -0.2) is 4.98 Å². The summed E-state index contributed by atoms with van der Waals surface area (Å²) < 4.78 is 2.23. The Morgan fingerprint density at radius 2 is 1.05 bits per heavy atom. The van der Waals surface area contributed by atoms with Crippen molar-refractivity contribution in [2.24, 2.45) is 0 Å². The van der Waals surface area contributed by atoms with E-state index in [1.807, 2.05) is 31.3 Å². The first-order valence-corrected chi connectivity index (χ1v) is 21.9. The standard InChI is InChI=1S/C60H49N3O/c1-39-32-40(2)58(64)53(33-39)59-62-57-52(22-15-23-56(57)63(59)50-28-29-51(45-20-13-8-14-21-45)54(38-50)60(3,4)5)48-34-47(42-18-11-7-12-19-42)35-49(36-48)55-37-46(30-31-61-55)44-26-24-43(25-27-44)41-16-9-6-10-17-41/h6-38,64H,1-5H3. The van der Waals surface area contributed by atoms with Crippen LogP contribution in [0, 0.1) is 13.8 Å². The summed E-state index contributed by atoms with van der Waals surface area (Å²) in [5, 5.41) is 11.8. The zero-order chi connectivity index (χ0) is 44.0. The summed E-state index contributed by atoms with van der Waals surface area (Å²) in [6.07, 6.45) is 1.91. The molecule has 310 valence electrons. The zero-order valence-electron chi connectivity index (χ0n) is 36.8. The molecule has 0 spiro atoms. The van der Waals surface area contributed by atoms with Crippen LogP contribution in [0.5, 0.6) is 5.75 Å². The van der Waals surface area contributed by atoms with Gasteiger partial charge in [-0.2, -0.15) is 0 Å². The van der Waals surface area contributed by atoms with Gasteiger partial charge >= 0.3 is 0 Å². The SMILES string of the molecule is Cc1cc(C)c(O)c(-c2nc3c(-c4cc(-c5ccccc5)cc(-c5cc(-c6ccc(-c7ccccc7)cc6)ccn5)c4)cccc3n2-c2ccc(-c3ccccc3)c(C(C)(C)C)c2)c1. The van der Waals surface area contributed by atoms with Crippen LogP contribution in [0.1, 0.15) is 37.5 Å². The quantitative estimate of drug-likeness (QED) is 0.166. The highest BCUT2D eigenvalue weighted by atomic mass is 16.3. The third kappa shape index (κ3) is 7.69.